The number of aliphatic hydroxyl groups excluding tert-OH is 1. The Balaban J connectivity index is 2.16. The average Bonchev–Trinajstić information content (AvgIpc) is 2.39. The fourth-order valence-electron chi connectivity index (χ4n) is 1.90. The van der Waals surface area contributed by atoms with E-state index >= 15 is 0 Å². The zero-order valence-electron chi connectivity index (χ0n) is 10.3. The van der Waals surface area contributed by atoms with Crippen molar-refractivity contribution in [2.75, 3.05) is 11.9 Å². The molecule has 94 valence electrons. The summed E-state index contributed by atoms with van der Waals surface area (Å²) < 4.78 is 13.8. The third-order valence-electron chi connectivity index (χ3n) is 2.87. The van der Waals surface area contributed by atoms with E-state index in [0.717, 1.165) is 5.56 Å². The van der Waals surface area contributed by atoms with Gasteiger partial charge < -0.3 is 10.0 Å². The van der Waals surface area contributed by atoms with Gasteiger partial charge in [-0.3, -0.25) is 0 Å². The highest BCUT2D eigenvalue weighted by Crippen LogP contribution is 2.21. The maximum Gasteiger partial charge on any atom is 0.146 e. The fourth-order valence-corrected chi connectivity index (χ4v) is 1.90. The second-order valence-corrected chi connectivity index (χ2v) is 4.29. The van der Waals surface area contributed by atoms with Crippen molar-refractivity contribution < 1.29 is 9.50 Å². The lowest BCUT2D eigenvalue weighted by Crippen LogP contribution is -2.17. The molecular formula is C15H16FNO. The lowest BCUT2D eigenvalue weighted by Gasteiger charge is -2.20. The zero-order chi connectivity index (χ0) is 13.0. The Morgan fingerprint density at radius 3 is 2.39 bits per heavy atom. The van der Waals surface area contributed by atoms with Crippen LogP contribution in [0, 0.1) is 5.82 Å². The number of anilines is 1. The Morgan fingerprint density at radius 1 is 1.06 bits per heavy atom. The highest BCUT2D eigenvalue weighted by Gasteiger charge is 2.08. The molecule has 0 fully saturated rings. The van der Waals surface area contributed by atoms with E-state index < -0.39 is 0 Å². The summed E-state index contributed by atoms with van der Waals surface area (Å²) in [6.07, 6.45) is 0. The number of aliphatic hydroxyl groups is 1. The summed E-state index contributed by atoms with van der Waals surface area (Å²) in [5.74, 6) is -0.306. The molecule has 0 aliphatic rings. The SMILES string of the molecule is CN(Cc1ccccc1)c1ccc(CO)cc1F. The molecule has 0 aliphatic heterocycles. The van der Waals surface area contributed by atoms with Crippen LogP contribution in [-0.4, -0.2) is 12.2 Å². The van der Waals surface area contributed by atoms with Crippen LogP contribution in [0.3, 0.4) is 0 Å². The monoisotopic (exact) mass is 245 g/mol. The summed E-state index contributed by atoms with van der Waals surface area (Å²) in [5.41, 5.74) is 2.26. The molecular weight excluding hydrogens is 229 g/mol. The summed E-state index contributed by atoms with van der Waals surface area (Å²) in [6, 6.07) is 14.7. The van der Waals surface area contributed by atoms with E-state index in [1.54, 1.807) is 12.1 Å². The predicted octanol–water partition coefficient (Wildman–Crippen LogP) is 2.95. The zero-order valence-corrected chi connectivity index (χ0v) is 10.3. The molecule has 2 aromatic rings. The summed E-state index contributed by atoms with van der Waals surface area (Å²) in [6.45, 7) is 0.510. The molecule has 0 saturated heterocycles. The number of hydrogen-bond acceptors (Lipinski definition) is 2. The Morgan fingerprint density at radius 2 is 1.78 bits per heavy atom. The first-order valence-corrected chi connectivity index (χ1v) is 5.85. The molecule has 2 aromatic carbocycles. The maximum atomic E-state index is 13.8. The molecule has 0 aliphatic carbocycles. The fraction of sp³-hybridized carbons (Fsp3) is 0.200. The standard InChI is InChI=1S/C15H16FNO/c1-17(10-12-5-3-2-4-6-12)15-8-7-13(11-18)9-14(15)16/h2-9,18H,10-11H2,1H3. The molecule has 18 heavy (non-hydrogen) atoms. The van der Waals surface area contributed by atoms with E-state index in [9.17, 15) is 4.39 Å². The van der Waals surface area contributed by atoms with Crippen LogP contribution in [-0.2, 0) is 13.2 Å². The second kappa shape index (κ2) is 5.65. The van der Waals surface area contributed by atoms with Gasteiger partial charge in [0, 0.05) is 13.6 Å². The van der Waals surface area contributed by atoms with Crippen LogP contribution < -0.4 is 4.90 Å². The van der Waals surface area contributed by atoms with Gasteiger partial charge >= 0.3 is 0 Å². The molecule has 0 spiro atoms. The van der Waals surface area contributed by atoms with Crippen molar-refractivity contribution in [2.45, 2.75) is 13.2 Å². The first-order valence-electron chi connectivity index (χ1n) is 5.85. The van der Waals surface area contributed by atoms with Crippen LogP contribution in [0.15, 0.2) is 48.5 Å². The first kappa shape index (κ1) is 12.6. The number of rotatable bonds is 4. The van der Waals surface area contributed by atoms with Crippen molar-refractivity contribution in [1.29, 1.82) is 0 Å². The van der Waals surface area contributed by atoms with Crippen LogP contribution >= 0.6 is 0 Å². The van der Waals surface area contributed by atoms with E-state index in [1.165, 1.54) is 6.07 Å². The summed E-state index contributed by atoms with van der Waals surface area (Å²) in [5, 5.41) is 8.95. The van der Waals surface area contributed by atoms with Gasteiger partial charge in [0.2, 0.25) is 0 Å². The van der Waals surface area contributed by atoms with Gasteiger partial charge in [0.15, 0.2) is 0 Å². The van der Waals surface area contributed by atoms with E-state index in [0.29, 0.717) is 17.8 Å². The third kappa shape index (κ3) is 2.87. The highest BCUT2D eigenvalue weighted by molar-refractivity contribution is 5.49. The molecule has 3 heteroatoms. The Bertz CT molecular complexity index is 513. The van der Waals surface area contributed by atoms with Gasteiger partial charge in [0.1, 0.15) is 5.82 Å². The van der Waals surface area contributed by atoms with Crippen molar-refractivity contribution in [2.24, 2.45) is 0 Å². The largest absolute Gasteiger partial charge is 0.392 e. The van der Waals surface area contributed by atoms with Crippen LogP contribution in [0.2, 0.25) is 0 Å². The van der Waals surface area contributed by atoms with Crippen molar-refractivity contribution in [3.63, 3.8) is 0 Å². The minimum atomic E-state index is -0.306. The molecule has 0 unspecified atom stereocenters. The number of benzene rings is 2. The average molecular weight is 245 g/mol. The van der Waals surface area contributed by atoms with Gasteiger partial charge in [0.05, 0.1) is 12.3 Å². The van der Waals surface area contributed by atoms with Crippen LogP contribution in [0.4, 0.5) is 10.1 Å². The topological polar surface area (TPSA) is 23.5 Å². The molecule has 0 bridgehead atoms. The number of nitrogens with zero attached hydrogens (tertiary/aromatic N) is 1. The van der Waals surface area contributed by atoms with Gasteiger partial charge in [-0.1, -0.05) is 36.4 Å². The molecule has 2 nitrogen and oxygen atoms in total. The number of hydrogen-bond donors (Lipinski definition) is 1. The van der Waals surface area contributed by atoms with Crippen molar-refractivity contribution in [1.82, 2.24) is 0 Å². The van der Waals surface area contributed by atoms with E-state index in [4.69, 9.17) is 5.11 Å². The number of halogens is 1. The molecule has 0 saturated carbocycles. The molecule has 0 heterocycles. The van der Waals surface area contributed by atoms with Crippen LogP contribution in [0.25, 0.3) is 0 Å². The maximum absolute atomic E-state index is 13.8. The van der Waals surface area contributed by atoms with Gasteiger partial charge in [-0.2, -0.15) is 0 Å². The molecule has 0 aromatic heterocycles. The minimum absolute atomic E-state index is 0.139. The Kier molecular flexibility index (Phi) is 3.95. The molecule has 2 rings (SSSR count). The van der Waals surface area contributed by atoms with Gasteiger partial charge in [0.25, 0.3) is 0 Å². The predicted molar refractivity (Wildman–Crippen MR) is 70.9 cm³/mol. The summed E-state index contributed by atoms with van der Waals surface area (Å²) >= 11 is 0. The van der Waals surface area contributed by atoms with Gasteiger partial charge in [-0.05, 0) is 23.3 Å². The normalized spacial score (nSPS) is 10.4. The van der Waals surface area contributed by atoms with E-state index in [1.807, 2.05) is 42.3 Å². The van der Waals surface area contributed by atoms with E-state index in [2.05, 4.69) is 0 Å². The smallest absolute Gasteiger partial charge is 0.146 e. The van der Waals surface area contributed by atoms with Crippen molar-refractivity contribution in [3.05, 3.63) is 65.5 Å². The van der Waals surface area contributed by atoms with E-state index in [-0.39, 0.29) is 12.4 Å². The molecule has 1 N–H and O–H groups in total. The second-order valence-electron chi connectivity index (χ2n) is 4.29. The van der Waals surface area contributed by atoms with Gasteiger partial charge in [-0.15, -0.1) is 0 Å². The third-order valence-corrected chi connectivity index (χ3v) is 2.87. The van der Waals surface area contributed by atoms with Gasteiger partial charge in [-0.25, -0.2) is 4.39 Å². The minimum Gasteiger partial charge on any atom is -0.392 e. The lowest BCUT2D eigenvalue weighted by atomic mass is 10.1. The molecule has 0 radical (unpaired) electrons. The highest BCUT2D eigenvalue weighted by atomic mass is 19.1. The summed E-state index contributed by atoms with van der Waals surface area (Å²) in [4.78, 5) is 1.85. The van der Waals surface area contributed by atoms with Crippen LogP contribution in [0.5, 0.6) is 0 Å². The molecule has 0 atom stereocenters. The van der Waals surface area contributed by atoms with Crippen molar-refractivity contribution >= 4 is 5.69 Å². The summed E-state index contributed by atoms with van der Waals surface area (Å²) in [7, 11) is 1.85. The molecule has 0 amide bonds. The lowest BCUT2D eigenvalue weighted by molar-refractivity contribution is 0.281. The Labute approximate surface area is 106 Å². The first-order chi connectivity index (χ1) is 8.70. The van der Waals surface area contributed by atoms with Crippen molar-refractivity contribution in [3.8, 4) is 0 Å². The quantitative estimate of drug-likeness (QED) is 0.895. The Hall–Kier alpha value is -1.87. The van der Waals surface area contributed by atoms with Crippen LogP contribution in [0.1, 0.15) is 11.1 Å².